The minimum Gasteiger partial charge on any atom is -0.497 e. The Hall–Kier alpha value is -2.98. The molecule has 3 rings (SSSR count). The molecule has 7 heteroatoms. The summed E-state index contributed by atoms with van der Waals surface area (Å²) in [4.78, 5) is 4.40. The van der Waals surface area contributed by atoms with Crippen LogP contribution in [0.5, 0.6) is 11.5 Å². The fourth-order valence-corrected chi connectivity index (χ4v) is 2.82. The summed E-state index contributed by atoms with van der Waals surface area (Å²) in [6.45, 7) is 0.569. The van der Waals surface area contributed by atoms with E-state index in [-0.39, 0.29) is 0 Å². The van der Waals surface area contributed by atoms with Crippen LogP contribution >= 0.6 is 11.8 Å². The first-order chi connectivity index (χ1) is 12.8. The van der Waals surface area contributed by atoms with Crippen molar-refractivity contribution in [1.82, 2.24) is 10.1 Å². The Morgan fingerprint density at radius 3 is 2.50 bits per heavy atom. The number of aromatic nitrogens is 2. The standard InChI is InChI=1S/C19H17N3O3S/c1-23-16-8-4-15(5-9-16)19-21-18(22-25-19)13-26-11-10-24-17-6-2-14(12-20)3-7-17/h2-9H,10-11,13H2,1H3. The molecule has 0 aliphatic carbocycles. The number of ether oxygens (including phenoxy) is 2. The molecule has 132 valence electrons. The first-order valence-electron chi connectivity index (χ1n) is 7.96. The zero-order chi connectivity index (χ0) is 18.2. The van der Waals surface area contributed by atoms with Crippen molar-refractivity contribution in [2.24, 2.45) is 0 Å². The Bertz CT molecular complexity index is 870. The number of benzene rings is 2. The second-order valence-electron chi connectivity index (χ2n) is 5.28. The van der Waals surface area contributed by atoms with Crippen molar-refractivity contribution in [2.75, 3.05) is 19.5 Å². The van der Waals surface area contributed by atoms with Gasteiger partial charge in [0, 0.05) is 11.3 Å². The summed E-state index contributed by atoms with van der Waals surface area (Å²) in [7, 11) is 1.63. The van der Waals surface area contributed by atoms with Crippen LogP contribution in [0.1, 0.15) is 11.4 Å². The Morgan fingerprint density at radius 1 is 1.08 bits per heavy atom. The van der Waals surface area contributed by atoms with Gasteiger partial charge in [-0.15, -0.1) is 0 Å². The van der Waals surface area contributed by atoms with E-state index < -0.39 is 0 Å². The summed E-state index contributed by atoms with van der Waals surface area (Å²) in [5, 5.41) is 12.8. The molecule has 0 fully saturated rings. The second kappa shape index (κ2) is 8.92. The van der Waals surface area contributed by atoms with Gasteiger partial charge in [-0.25, -0.2) is 0 Å². The van der Waals surface area contributed by atoms with Crippen molar-refractivity contribution in [3.05, 3.63) is 59.9 Å². The Kier molecular flexibility index (Phi) is 6.12. The molecular weight excluding hydrogens is 350 g/mol. The van der Waals surface area contributed by atoms with E-state index in [2.05, 4.69) is 16.2 Å². The minimum absolute atomic E-state index is 0.497. The van der Waals surface area contributed by atoms with Crippen molar-refractivity contribution < 1.29 is 14.0 Å². The maximum Gasteiger partial charge on any atom is 0.257 e. The highest BCUT2D eigenvalue weighted by molar-refractivity contribution is 7.98. The highest BCUT2D eigenvalue weighted by Crippen LogP contribution is 2.21. The van der Waals surface area contributed by atoms with Gasteiger partial charge in [-0.2, -0.15) is 22.0 Å². The maximum atomic E-state index is 8.76. The van der Waals surface area contributed by atoms with Crippen LogP contribution in [0, 0.1) is 11.3 Å². The van der Waals surface area contributed by atoms with E-state index in [9.17, 15) is 0 Å². The molecule has 6 nitrogen and oxygen atoms in total. The summed E-state index contributed by atoms with van der Waals surface area (Å²) in [5.41, 5.74) is 1.48. The zero-order valence-electron chi connectivity index (χ0n) is 14.2. The third-order valence-electron chi connectivity index (χ3n) is 3.52. The Balaban J connectivity index is 1.42. The Morgan fingerprint density at radius 2 is 1.81 bits per heavy atom. The second-order valence-corrected chi connectivity index (χ2v) is 6.39. The van der Waals surface area contributed by atoms with Gasteiger partial charge in [0.25, 0.3) is 5.89 Å². The molecule has 0 amide bonds. The number of nitriles is 1. The average Bonchev–Trinajstić information content (AvgIpc) is 3.17. The predicted octanol–water partition coefficient (Wildman–Crippen LogP) is 3.93. The van der Waals surface area contributed by atoms with Crippen LogP contribution in [0.2, 0.25) is 0 Å². The van der Waals surface area contributed by atoms with Crippen molar-refractivity contribution in [3.63, 3.8) is 0 Å². The summed E-state index contributed by atoms with van der Waals surface area (Å²) in [5.74, 6) is 4.14. The van der Waals surface area contributed by atoms with Crippen LogP contribution in [0.25, 0.3) is 11.5 Å². The van der Waals surface area contributed by atoms with Gasteiger partial charge in [-0.05, 0) is 48.5 Å². The molecule has 0 unspecified atom stereocenters. The van der Waals surface area contributed by atoms with Crippen molar-refractivity contribution in [3.8, 4) is 29.0 Å². The van der Waals surface area contributed by atoms with E-state index in [0.29, 0.717) is 29.6 Å². The molecule has 26 heavy (non-hydrogen) atoms. The van der Waals surface area contributed by atoms with E-state index in [1.54, 1.807) is 43.1 Å². The Labute approximate surface area is 155 Å². The topological polar surface area (TPSA) is 81.2 Å². The first-order valence-corrected chi connectivity index (χ1v) is 9.11. The maximum absolute atomic E-state index is 8.76. The number of rotatable bonds is 8. The lowest BCUT2D eigenvalue weighted by molar-refractivity contribution is 0.344. The van der Waals surface area contributed by atoms with Gasteiger partial charge in [0.2, 0.25) is 0 Å². The molecule has 0 aliphatic heterocycles. The summed E-state index contributed by atoms with van der Waals surface area (Å²) < 4.78 is 16.1. The summed E-state index contributed by atoms with van der Waals surface area (Å²) in [6.07, 6.45) is 0. The lowest BCUT2D eigenvalue weighted by atomic mass is 10.2. The molecule has 0 N–H and O–H groups in total. The van der Waals surface area contributed by atoms with Gasteiger partial charge in [-0.3, -0.25) is 0 Å². The number of hydrogen-bond acceptors (Lipinski definition) is 7. The average molecular weight is 367 g/mol. The minimum atomic E-state index is 0.497. The summed E-state index contributed by atoms with van der Waals surface area (Å²) in [6, 6.07) is 16.6. The van der Waals surface area contributed by atoms with Gasteiger partial charge in [0.1, 0.15) is 11.5 Å². The molecule has 3 aromatic rings. The number of nitrogens with zero attached hydrogens (tertiary/aromatic N) is 3. The fourth-order valence-electron chi connectivity index (χ4n) is 2.17. The lowest BCUT2D eigenvalue weighted by Gasteiger charge is -2.05. The molecular formula is C19H17N3O3S. The quantitative estimate of drug-likeness (QED) is 0.558. The van der Waals surface area contributed by atoms with Gasteiger partial charge >= 0.3 is 0 Å². The predicted molar refractivity (Wildman–Crippen MR) is 99.1 cm³/mol. The van der Waals surface area contributed by atoms with E-state index in [1.165, 1.54) is 0 Å². The lowest BCUT2D eigenvalue weighted by Crippen LogP contribution is -2.00. The molecule has 0 saturated carbocycles. The van der Waals surface area contributed by atoms with Crippen LogP contribution < -0.4 is 9.47 Å². The molecule has 0 aliphatic rings. The highest BCUT2D eigenvalue weighted by atomic mass is 32.2. The zero-order valence-corrected chi connectivity index (χ0v) is 15.0. The van der Waals surface area contributed by atoms with Crippen LogP contribution in [-0.4, -0.2) is 29.6 Å². The van der Waals surface area contributed by atoms with Gasteiger partial charge in [0.15, 0.2) is 5.82 Å². The van der Waals surface area contributed by atoms with Gasteiger partial charge in [-0.1, -0.05) is 5.16 Å². The molecule has 0 atom stereocenters. The molecule has 2 aromatic carbocycles. The van der Waals surface area contributed by atoms with Crippen LogP contribution in [0.4, 0.5) is 0 Å². The van der Waals surface area contributed by atoms with E-state index in [0.717, 1.165) is 22.8 Å². The molecule has 1 heterocycles. The van der Waals surface area contributed by atoms with Crippen LogP contribution in [0.15, 0.2) is 53.1 Å². The van der Waals surface area contributed by atoms with E-state index >= 15 is 0 Å². The van der Waals surface area contributed by atoms with Crippen molar-refractivity contribution >= 4 is 11.8 Å². The largest absolute Gasteiger partial charge is 0.497 e. The smallest absolute Gasteiger partial charge is 0.257 e. The first kappa shape index (κ1) is 17.8. The summed E-state index contributed by atoms with van der Waals surface area (Å²) >= 11 is 1.67. The number of methoxy groups -OCH3 is 1. The van der Waals surface area contributed by atoms with E-state index in [4.69, 9.17) is 19.3 Å². The third-order valence-corrected chi connectivity index (χ3v) is 4.43. The fraction of sp³-hybridized carbons (Fsp3) is 0.211. The van der Waals surface area contributed by atoms with Crippen LogP contribution in [-0.2, 0) is 5.75 Å². The van der Waals surface area contributed by atoms with Gasteiger partial charge < -0.3 is 14.0 Å². The third kappa shape index (κ3) is 4.77. The molecule has 0 saturated heterocycles. The number of hydrogen-bond donors (Lipinski definition) is 0. The van der Waals surface area contributed by atoms with Crippen molar-refractivity contribution in [1.29, 1.82) is 5.26 Å². The van der Waals surface area contributed by atoms with Crippen molar-refractivity contribution in [2.45, 2.75) is 5.75 Å². The highest BCUT2D eigenvalue weighted by Gasteiger charge is 2.09. The molecule has 0 bridgehead atoms. The monoisotopic (exact) mass is 367 g/mol. The number of thioether (sulfide) groups is 1. The molecule has 0 radical (unpaired) electrons. The van der Waals surface area contributed by atoms with Gasteiger partial charge in [0.05, 0.1) is 31.1 Å². The SMILES string of the molecule is COc1ccc(-c2nc(CSCCOc3ccc(C#N)cc3)no2)cc1. The molecule has 0 spiro atoms. The van der Waals surface area contributed by atoms with Crippen LogP contribution in [0.3, 0.4) is 0 Å². The molecule has 1 aromatic heterocycles. The van der Waals surface area contributed by atoms with E-state index in [1.807, 2.05) is 24.3 Å². The normalized spacial score (nSPS) is 10.3.